The number of urea groups is 1. The summed E-state index contributed by atoms with van der Waals surface area (Å²) in [5.74, 6) is -0.310. The van der Waals surface area contributed by atoms with Crippen molar-refractivity contribution in [2.45, 2.75) is 19.3 Å². The van der Waals surface area contributed by atoms with Crippen LogP contribution in [-0.4, -0.2) is 24.3 Å². The van der Waals surface area contributed by atoms with Crippen molar-refractivity contribution >= 4 is 12.1 Å². The quantitative estimate of drug-likeness (QED) is 0.663. The number of halogens is 1. The minimum Gasteiger partial charge on any atom is -0.396 e. The molecule has 19 heavy (non-hydrogen) atoms. The van der Waals surface area contributed by atoms with Crippen LogP contribution in [0, 0.1) is 5.82 Å². The van der Waals surface area contributed by atoms with Gasteiger partial charge in [-0.25, -0.2) is 9.18 Å². The van der Waals surface area contributed by atoms with Gasteiger partial charge in [-0.3, -0.25) is 0 Å². The molecular weight excluding hydrogens is 247 g/mol. The van der Waals surface area contributed by atoms with Crippen molar-refractivity contribution in [1.82, 2.24) is 10.6 Å². The molecule has 0 aliphatic heterocycles. The molecule has 3 N–H and O–H groups in total. The smallest absolute Gasteiger partial charge is 0.318 e. The molecule has 0 heterocycles. The highest BCUT2D eigenvalue weighted by atomic mass is 19.1. The van der Waals surface area contributed by atoms with E-state index in [1.165, 1.54) is 18.3 Å². The van der Waals surface area contributed by atoms with Gasteiger partial charge in [0, 0.05) is 19.4 Å². The van der Waals surface area contributed by atoms with Gasteiger partial charge in [0.2, 0.25) is 0 Å². The second kappa shape index (κ2) is 9.10. The van der Waals surface area contributed by atoms with Gasteiger partial charge < -0.3 is 15.7 Å². The van der Waals surface area contributed by atoms with E-state index in [1.54, 1.807) is 18.2 Å². The minimum atomic E-state index is -0.310. The molecule has 0 unspecified atom stereocenters. The molecule has 0 saturated heterocycles. The molecule has 0 bridgehead atoms. The molecule has 1 aromatic rings. The molecule has 0 radical (unpaired) electrons. The Morgan fingerprint density at radius 1 is 1.32 bits per heavy atom. The maximum atomic E-state index is 12.9. The van der Waals surface area contributed by atoms with E-state index in [0.717, 1.165) is 19.3 Å². The molecule has 0 spiro atoms. The highest BCUT2D eigenvalue weighted by molar-refractivity contribution is 5.75. The van der Waals surface area contributed by atoms with Gasteiger partial charge in [0.1, 0.15) is 5.82 Å². The van der Waals surface area contributed by atoms with Crippen molar-refractivity contribution in [1.29, 1.82) is 0 Å². The Morgan fingerprint density at radius 3 is 2.89 bits per heavy atom. The lowest BCUT2D eigenvalue weighted by atomic mass is 10.2. The van der Waals surface area contributed by atoms with E-state index in [1.807, 2.05) is 0 Å². The molecule has 104 valence electrons. The molecule has 0 aromatic heterocycles. The Balaban J connectivity index is 2.19. The van der Waals surface area contributed by atoms with Crippen LogP contribution >= 0.6 is 0 Å². The Kier molecular flexibility index (Phi) is 7.27. The molecule has 4 nitrogen and oxygen atoms in total. The average Bonchev–Trinajstić information content (AvgIpc) is 2.38. The van der Waals surface area contributed by atoms with Gasteiger partial charge in [-0.2, -0.15) is 0 Å². The monoisotopic (exact) mass is 266 g/mol. The van der Waals surface area contributed by atoms with Gasteiger partial charge in [-0.15, -0.1) is 0 Å². The fourth-order valence-corrected chi connectivity index (χ4v) is 1.49. The highest BCUT2D eigenvalue weighted by Gasteiger charge is 1.96. The average molecular weight is 266 g/mol. The van der Waals surface area contributed by atoms with Crippen molar-refractivity contribution in [3.63, 3.8) is 0 Å². The van der Waals surface area contributed by atoms with Gasteiger partial charge in [-0.05, 0) is 43.0 Å². The van der Waals surface area contributed by atoms with Crippen molar-refractivity contribution in [3.05, 3.63) is 41.8 Å². The number of benzene rings is 1. The first-order valence-electron chi connectivity index (χ1n) is 6.29. The van der Waals surface area contributed by atoms with Crippen LogP contribution in [0.5, 0.6) is 0 Å². The third kappa shape index (κ3) is 7.21. The summed E-state index contributed by atoms with van der Waals surface area (Å²) in [5.41, 5.74) is 0.684. The van der Waals surface area contributed by atoms with Crippen molar-refractivity contribution in [2.24, 2.45) is 0 Å². The van der Waals surface area contributed by atoms with Gasteiger partial charge in [0.25, 0.3) is 0 Å². The Morgan fingerprint density at radius 2 is 2.16 bits per heavy atom. The second-order valence-electron chi connectivity index (χ2n) is 4.07. The van der Waals surface area contributed by atoms with Crippen LogP contribution in [0.25, 0.3) is 6.08 Å². The molecule has 0 aliphatic carbocycles. The van der Waals surface area contributed by atoms with Gasteiger partial charge in [0.05, 0.1) is 0 Å². The maximum absolute atomic E-state index is 12.9. The second-order valence-corrected chi connectivity index (χ2v) is 4.07. The zero-order valence-electron chi connectivity index (χ0n) is 10.7. The molecule has 1 aromatic carbocycles. The topological polar surface area (TPSA) is 61.4 Å². The number of unbranched alkanes of at least 4 members (excludes halogenated alkanes) is 2. The number of amides is 2. The first-order chi connectivity index (χ1) is 9.22. The number of carbonyl (C=O) groups excluding carboxylic acids is 1. The van der Waals surface area contributed by atoms with Crippen molar-refractivity contribution in [3.8, 4) is 0 Å². The standard InChI is InChI=1S/C14H19FN2O2/c15-13-6-4-5-12(11-13)7-9-17-14(19)16-8-2-1-3-10-18/h4-7,9,11,18H,1-3,8,10H2,(H2,16,17,19)/b9-7+. The number of aliphatic hydroxyl groups is 1. The molecule has 5 heteroatoms. The summed E-state index contributed by atoms with van der Waals surface area (Å²) in [6, 6.07) is 5.80. The predicted molar refractivity (Wildman–Crippen MR) is 72.9 cm³/mol. The largest absolute Gasteiger partial charge is 0.396 e. The number of nitrogens with one attached hydrogen (secondary N) is 2. The number of aliphatic hydroxyl groups excluding tert-OH is 1. The first kappa shape index (κ1) is 15.2. The fourth-order valence-electron chi connectivity index (χ4n) is 1.49. The lowest BCUT2D eigenvalue weighted by Crippen LogP contribution is -2.32. The van der Waals surface area contributed by atoms with Gasteiger partial charge in [-0.1, -0.05) is 12.1 Å². The molecule has 0 saturated carbocycles. The Hall–Kier alpha value is -1.88. The fraction of sp³-hybridized carbons (Fsp3) is 0.357. The van der Waals surface area contributed by atoms with Crippen molar-refractivity contribution in [2.75, 3.05) is 13.2 Å². The summed E-state index contributed by atoms with van der Waals surface area (Å²) in [7, 11) is 0. The number of hydrogen-bond acceptors (Lipinski definition) is 2. The van der Waals surface area contributed by atoms with E-state index in [2.05, 4.69) is 10.6 Å². The summed E-state index contributed by atoms with van der Waals surface area (Å²) in [5, 5.41) is 13.8. The highest BCUT2D eigenvalue weighted by Crippen LogP contribution is 2.04. The van der Waals surface area contributed by atoms with Gasteiger partial charge in [0.15, 0.2) is 0 Å². The zero-order chi connectivity index (χ0) is 13.9. The maximum Gasteiger partial charge on any atom is 0.318 e. The zero-order valence-corrected chi connectivity index (χ0v) is 10.7. The van der Waals surface area contributed by atoms with Crippen LogP contribution in [0.3, 0.4) is 0 Å². The van der Waals surface area contributed by atoms with Crippen molar-refractivity contribution < 1.29 is 14.3 Å². The van der Waals surface area contributed by atoms with Crippen LogP contribution < -0.4 is 10.6 Å². The SMILES string of the molecule is O=C(N/C=C/c1cccc(F)c1)NCCCCCO. The molecule has 0 atom stereocenters. The van der Waals surface area contributed by atoms with E-state index < -0.39 is 0 Å². The summed E-state index contributed by atoms with van der Waals surface area (Å²) < 4.78 is 12.9. The molecule has 1 rings (SSSR count). The van der Waals surface area contributed by atoms with Crippen LogP contribution in [0.15, 0.2) is 30.5 Å². The van der Waals surface area contributed by atoms with Crippen LogP contribution in [0.2, 0.25) is 0 Å². The van der Waals surface area contributed by atoms with Crippen LogP contribution in [-0.2, 0) is 0 Å². The van der Waals surface area contributed by atoms with E-state index >= 15 is 0 Å². The van der Waals surface area contributed by atoms with E-state index in [0.29, 0.717) is 12.1 Å². The number of carbonyl (C=O) groups is 1. The third-order valence-corrected chi connectivity index (χ3v) is 2.46. The summed E-state index contributed by atoms with van der Waals surface area (Å²) >= 11 is 0. The molecule has 2 amide bonds. The van der Waals surface area contributed by atoms with E-state index in [-0.39, 0.29) is 18.5 Å². The van der Waals surface area contributed by atoms with E-state index in [9.17, 15) is 9.18 Å². The minimum absolute atomic E-state index is 0.183. The summed E-state index contributed by atoms with van der Waals surface area (Å²) in [4.78, 5) is 11.3. The summed E-state index contributed by atoms with van der Waals surface area (Å²) in [6.45, 7) is 0.752. The Labute approximate surface area is 112 Å². The third-order valence-electron chi connectivity index (χ3n) is 2.46. The molecular formula is C14H19FN2O2. The van der Waals surface area contributed by atoms with Crippen LogP contribution in [0.4, 0.5) is 9.18 Å². The predicted octanol–water partition coefficient (Wildman–Crippen LogP) is 2.26. The van der Waals surface area contributed by atoms with Crippen LogP contribution in [0.1, 0.15) is 24.8 Å². The number of rotatable bonds is 7. The summed E-state index contributed by atoms with van der Waals surface area (Å²) in [6.07, 6.45) is 5.56. The lowest BCUT2D eigenvalue weighted by Gasteiger charge is -2.03. The lowest BCUT2D eigenvalue weighted by molar-refractivity contribution is 0.243. The van der Waals surface area contributed by atoms with E-state index in [4.69, 9.17) is 5.11 Å². The normalized spacial score (nSPS) is 10.6. The Bertz CT molecular complexity index is 422. The first-order valence-corrected chi connectivity index (χ1v) is 6.29. The molecule has 0 aliphatic rings. The molecule has 0 fully saturated rings. The number of hydrogen-bond donors (Lipinski definition) is 3. The van der Waals surface area contributed by atoms with Gasteiger partial charge >= 0.3 is 6.03 Å².